The zero-order valence-electron chi connectivity index (χ0n) is 11.5. The third kappa shape index (κ3) is 2.61. The Bertz CT molecular complexity index is 561. The van der Waals surface area contributed by atoms with Crippen LogP contribution >= 0.6 is 0 Å². The van der Waals surface area contributed by atoms with Crippen molar-refractivity contribution in [1.82, 2.24) is 4.31 Å². The topological polar surface area (TPSA) is 72.6 Å². The fourth-order valence-corrected chi connectivity index (χ4v) is 4.59. The molecule has 2 rings (SSSR count). The first-order chi connectivity index (χ1) is 8.84. The molecule has 0 bridgehead atoms. The van der Waals surface area contributed by atoms with E-state index in [-0.39, 0.29) is 6.04 Å². The van der Waals surface area contributed by atoms with E-state index in [0.717, 1.165) is 0 Å². The lowest BCUT2D eigenvalue weighted by molar-refractivity contribution is 0.0392. The molecule has 0 radical (unpaired) electrons. The molecule has 1 aromatic carbocycles. The molecule has 1 atom stereocenters. The molecule has 1 aliphatic heterocycles. The van der Waals surface area contributed by atoms with E-state index in [1.165, 1.54) is 4.31 Å². The highest BCUT2D eigenvalue weighted by Crippen LogP contribution is 2.28. The largest absolute Gasteiger partial charge is 0.399 e. The first kappa shape index (κ1) is 14.3. The Morgan fingerprint density at radius 1 is 1.32 bits per heavy atom. The zero-order valence-corrected chi connectivity index (χ0v) is 12.3. The molecule has 0 spiro atoms. The van der Waals surface area contributed by atoms with Gasteiger partial charge in [0, 0.05) is 18.3 Å². The van der Waals surface area contributed by atoms with E-state index in [9.17, 15) is 8.42 Å². The Morgan fingerprint density at radius 3 is 2.42 bits per heavy atom. The number of sulfonamides is 1. The molecule has 1 aliphatic rings. The van der Waals surface area contributed by atoms with Gasteiger partial charge in [-0.1, -0.05) is 0 Å². The summed E-state index contributed by atoms with van der Waals surface area (Å²) in [5, 5.41) is 0. The smallest absolute Gasteiger partial charge is 0.244 e. The number of nitrogens with zero attached hydrogens (tertiary/aromatic N) is 1. The van der Waals surface area contributed by atoms with Gasteiger partial charge in [-0.2, -0.15) is 4.31 Å². The van der Waals surface area contributed by atoms with Gasteiger partial charge in [0.05, 0.1) is 18.1 Å². The molecule has 0 aromatic heterocycles. The number of benzene rings is 1. The molecule has 1 fully saturated rings. The van der Waals surface area contributed by atoms with Crippen molar-refractivity contribution in [2.45, 2.75) is 31.7 Å². The van der Waals surface area contributed by atoms with Crippen molar-refractivity contribution in [3.8, 4) is 0 Å². The molecule has 0 amide bonds. The van der Waals surface area contributed by atoms with Crippen molar-refractivity contribution >= 4 is 15.7 Å². The van der Waals surface area contributed by atoms with E-state index in [0.29, 0.717) is 41.5 Å². The van der Waals surface area contributed by atoms with E-state index in [1.807, 2.05) is 6.92 Å². The summed E-state index contributed by atoms with van der Waals surface area (Å²) in [5.74, 6) is 0. The number of nitrogen functional groups attached to an aromatic ring is 1. The quantitative estimate of drug-likeness (QED) is 0.831. The minimum atomic E-state index is -3.49. The third-order valence-corrected chi connectivity index (χ3v) is 5.68. The van der Waals surface area contributed by atoms with Crippen molar-refractivity contribution in [2.75, 3.05) is 25.5 Å². The zero-order chi connectivity index (χ0) is 14.2. The lowest BCUT2D eigenvalue weighted by Crippen LogP contribution is -2.47. The summed E-state index contributed by atoms with van der Waals surface area (Å²) < 4.78 is 32.4. The first-order valence-electron chi connectivity index (χ1n) is 6.30. The number of nitrogens with two attached hydrogens (primary N) is 1. The fourth-order valence-electron chi connectivity index (χ4n) is 2.58. The van der Waals surface area contributed by atoms with Crippen LogP contribution in [0, 0.1) is 13.8 Å². The van der Waals surface area contributed by atoms with E-state index in [2.05, 4.69) is 0 Å². The Balaban J connectivity index is 2.50. The van der Waals surface area contributed by atoms with Crippen LogP contribution in [0.3, 0.4) is 0 Å². The van der Waals surface area contributed by atoms with Crippen LogP contribution in [0.4, 0.5) is 5.69 Å². The Kier molecular flexibility index (Phi) is 3.85. The first-order valence-corrected chi connectivity index (χ1v) is 7.74. The van der Waals surface area contributed by atoms with Gasteiger partial charge in [-0.05, 0) is 44.0 Å². The van der Waals surface area contributed by atoms with Gasteiger partial charge in [0.15, 0.2) is 0 Å². The molecule has 0 aliphatic carbocycles. The molecule has 19 heavy (non-hydrogen) atoms. The summed E-state index contributed by atoms with van der Waals surface area (Å²) in [6, 6.07) is 3.26. The lowest BCUT2D eigenvalue weighted by Gasteiger charge is -2.33. The average molecular weight is 284 g/mol. The SMILES string of the molecule is Cc1cc(N)cc(C)c1S(=O)(=O)N1CCOCC1C. The summed E-state index contributed by atoms with van der Waals surface area (Å²) in [6.07, 6.45) is 0. The van der Waals surface area contributed by atoms with Crippen LogP contribution in [0.2, 0.25) is 0 Å². The minimum absolute atomic E-state index is 0.143. The number of hydrogen-bond donors (Lipinski definition) is 1. The van der Waals surface area contributed by atoms with Crippen molar-refractivity contribution in [1.29, 1.82) is 0 Å². The van der Waals surface area contributed by atoms with Crippen LogP contribution in [0.25, 0.3) is 0 Å². The van der Waals surface area contributed by atoms with Crippen molar-refractivity contribution in [3.05, 3.63) is 23.3 Å². The summed E-state index contributed by atoms with van der Waals surface area (Å²) in [4.78, 5) is 0.371. The molecule has 2 N–H and O–H groups in total. The lowest BCUT2D eigenvalue weighted by atomic mass is 10.1. The molecule has 0 saturated carbocycles. The van der Waals surface area contributed by atoms with Crippen LogP contribution in [-0.4, -0.2) is 38.5 Å². The fraction of sp³-hybridized carbons (Fsp3) is 0.538. The highest BCUT2D eigenvalue weighted by Gasteiger charge is 2.33. The summed E-state index contributed by atoms with van der Waals surface area (Å²) in [7, 11) is -3.49. The van der Waals surface area contributed by atoms with Gasteiger partial charge in [-0.15, -0.1) is 0 Å². The maximum atomic E-state index is 12.8. The van der Waals surface area contributed by atoms with Gasteiger partial charge >= 0.3 is 0 Å². The highest BCUT2D eigenvalue weighted by molar-refractivity contribution is 7.89. The highest BCUT2D eigenvalue weighted by atomic mass is 32.2. The van der Waals surface area contributed by atoms with Gasteiger partial charge < -0.3 is 10.5 Å². The van der Waals surface area contributed by atoms with Gasteiger partial charge in [0.25, 0.3) is 0 Å². The summed E-state index contributed by atoms with van der Waals surface area (Å²) in [5.41, 5.74) is 7.72. The maximum Gasteiger partial charge on any atom is 0.244 e. The Hall–Kier alpha value is -1.11. The van der Waals surface area contributed by atoms with Gasteiger partial charge in [0.1, 0.15) is 0 Å². The number of aryl methyl sites for hydroxylation is 2. The number of hydrogen-bond acceptors (Lipinski definition) is 4. The van der Waals surface area contributed by atoms with Gasteiger partial charge in [-0.3, -0.25) is 0 Å². The molecular formula is C13H20N2O3S. The number of anilines is 1. The average Bonchev–Trinajstić information content (AvgIpc) is 2.27. The normalized spacial score (nSPS) is 21.5. The summed E-state index contributed by atoms with van der Waals surface area (Å²) >= 11 is 0. The van der Waals surface area contributed by atoms with E-state index >= 15 is 0 Å². The molecule has 1 unspecified atom stereocenters. The van der Waals surface area contributed by atoms with Crippen molar-refractivity contribution in [2.24, 2.45) is 0 Å². The number of morpholine rings is 1. The summed E-state index contributed by atoms with van der Waals surface area (Å²) in [6.45, 7) is 6.69. The molecule has 1 saturated heterocycles. The van der Waals surface area contributed by atoms with E-state index in [4.69, 9.17) is 10.5 Å². The van der Waals surface area contributed by atoms with Crippen molar-refractivity contribution in [3.63, 3.8) is 0 Å². The maximum absolute atomic E-state index is 12.8. The van der Waals surface area contributed by atoms with Crippen LogP contribution in [0.1, 0.15) is 18.1 Å². The standard InChI is InChI=1S/C13H20N2O3S/c1-9-6-12(14)7-10(2)13(9)19(16,17)15-4-5-18-8-11(15)3/h6-7,11H,4-5,8,14H2,1-3H3. The minimum Gasteiger partial charge on any atom is -0.399 e. The van der Waals surface area contributed by atoms with Crippen LogP contribution in [-0.2, 0) is 14.8 Å². The van der Waals surface area contributed by atoms with Gasteiger partial charge in [0.2, 0.25) is 10.0 Å². The van der Waals surface area contributed by atoms with Crippen LogP contribution in [0.5, 0.6) is 0 Å². The molecule has 6 heteroatoms. The predicted octanol–water partition coefficient (Wildman–Crippen LogP) is 1.30. The van der Waals surface area contributed by atoms with Crippen LogP contribution < -0.4 is 5.73 Å². The second-order valence-corrected chi connectivity index (χ2v) is 6.85. The Labute approximate surface area is 114 Å². The van der Waals surface area contributed by atoms with E-state index in [1.54, 1.807) is 26.0 Å². The third-order valence-electron chi connectivity index (χ3n) is 3.36. The van der Waals surface area contributed by atoms with Crippen LogP contribution in [0.15, 0.2) is 17.0 Å². The molecule has 1 heterocycles. The molecule has 5 nitrogen and oxygen atoms in total. The number of rotatable bonds is 2. The Morgan fingerprint density at radius 2 is 1.89 bits per heavy atom. The van der Waals surface area contributed by atoms with Gasteiger partial charge in [-0.25, -0.2) is 8.42 Å². The van der Waals surface area contributed by atoms with E-state index < -0.39 is 10.0 Å². The molecular weight excluding hydrogens is 264 g/mol. The second kappa shape index (κ2) is 5.11. The number of ether oxygens (including phenoxy) is 1. The van der Waals surface area contributed by atoms with Crippen molar-refractivity contribution < 1.29 is 13.2 Å². The monoisotopic (exact) mass is 284 g/mol. The molecule has 1 aromatic rings. The second-order valence-electron chi connectivity index (χ2n) is 5.02. The predicted molar refractivity (Wildman–Crippen MR) is 74.5 cm³/mol. The molecule has 106 valence electrons.